The Morgan fingerprint density at radius 2 is 2.05 bits per heavy atom. The van der Waals surface area contributed by atoms with Gasteiger partial charge in [0.15, 0.2) is 0 Å². The number of hydrogen-bond donors (Lipinski definition) is 1. The van der Waals surface area contributed by atoms with Crippen LogP contribution in [-0.2, 0) is 6.42 Å². The number of ether oxygens (including phenoxy) is 1. The van der Waals surface area contributed by atoms with Gasteiger partial charge in [-0.25, -0.2) is 4.98 Å². The Balaban J connectivity index is 2.22. The van der Waals surface area contributed by atoms with Crippen molar-refractivity contribution in [3.05, 3.63) is 48.0 Å². The van der Waals surface area contributed by atoms with E-state index in [9.17, 15) is 0 Å². The molecule has 0 spiro atoms. The number of aryl methyl sites for hydroxylation is 1. The second-order valence-electron chi connectivity index (χ2n) is 4.68. The van der Waals surface area contributed by atoms with Crippen molar-refractivity contribution >= 4 is 17.0 Å². The van der Waals surface area contributed by atoms with Gasteiger partial charge in [-0.2, -0.15) is 0 Å². The number of benzene rings is 2. The highest BCUT2D eigenvalue weighted by atomic mass is 16.5. The highest BCUT2D eigenvalue weighted by molar-refractivity contribution is 5.82. The number of nitrogen functional groups attached to an aromatic ring is 1. The smallest absolute Gasteiger partial charge is 0.205 e. The Kier molecular flexibility index (Phi) is 3.06. The fourth-order valence-corrected chi connectivity index (χ4v) is 2.39. The molecule has 0 fully saturated rings. The molecular formula is C16H17N3O. The Bertz CT molecular complexity index is 762. The average Bonchev–Trinajstić information content (AvgIpc) is 2.82. The molecule has 1 aromatic heterocycles. The zero-order valence-corrected chi connectivity index (χ0v) is 11.6. The molecule has 0 saturated carbocycles. The molecule has 0 aliphatic heterocycles. The third-order valence-electron chi connectivity index (χ3n) is 3.46. The van der Waals surface area contributed by atoms with Gasteiger partial charge in [0, 0.05) is 11.8 Å². The summed E-state index contributed by atoms with van der Waals surface area (Å²) in [6.07, 6.45) is 0.994. The third kappa shape index (κ3) is 1.99. The summed E-state index contributed by atoms with van der Waals surface area (Å²) >= 11 is 0. The second kappa shape index (κ2) is 4.89. The molecule has 4 heteroatoms. The maximum absolute atomic E-state index is 6.08. The maximum Gasteiger partial charge on any atom is 0.205 e. The monoisotopic (exact) mass is 267 g/mol. The standard InChI is InChI=1S/C16H17N3O/c1-3-11-5-4-6-12(9-11)19-15-8-7-13(20-2)10-14(15)18-16(19)17/h4-10H,3H2,1-2H3,(H2,17,18). The Morgan fingerprint density at radius 1 is 1.20 bits per heavy atom. The van der Waals surface area contributed by atoms with E-state index in [0.717, 1.165) is 28.9 Å². The van der Waals surface area contributed by atoms with Crippen molar-refractivity contribution in [2.24, 2.45) is 0 Å². The summed E-state index contributed by atoms with van der Waals surface area (Å²) in [5.41, 5.74) is 10.2. The van der Waals surface area contributed by atoms with Crippen molar-refractivity contribution < 1.29 is 4.74 Å². The lowest BCUT2D eigenvalue weighted by Crippen LogP contribution is -2.01. The van der Waals surface area contributed by atoms with Gasteiger partial charge in [-0.05, 0) is 36.2 Å². The molecule has 0 aliphatic rings. The largest absolute Gasteiger partial charge is 0.497 e. The van der Waals surface area contributed by atoms with E-state index in [1.807, 2.05) is 34.9 Å². The van der Waals surface area contributed by atoms with Crippen LogP contribution in [0.4, 0.5) is 5.95 Å². The number of nitrogens with two attached hydrogens (primary N) is 1. The van der Waals surface area contributed by atoms with Crippen LogP contribution in [0.25, 0.3) is 16.7 Å². The second-order valence-corrected chi connectivity index (χ2v) is 4.68. The van der Waals surface area contributed by atoms with Crippen LogP contribution >= 0.6 is 0 Å². The highest BCUT2D eigenvalue weighted by Crippen LogP contribution is 2.26. The zero-order valence-electron chi connectivity index (χ0n) is 11.6. The molecule has 1 heterocycles. The zero-order chi connectivity index (χ0) is 14.1. The van der Waals surface area contributed by atoms with Crippen LogP contribution in [0, 0.1) is 0 Å². The summed E-state index contributed by atoms with van der Waals surface area (Å²) in [5.74, 6) is 1.27. The van der Waals surface area contributed by atoms with Crippen LogP contribution in [0.2, 0.25) is 0 Å². The van der Waals surface area contributed by atoms with E-state index in [2.05, 4.69) is 24.0 Å². The lowest BCUT2D eigenvalue weighted by molar-refractivity contribution is 0.415. The molecule has 3 rings (SSSR count). The first-order valence-corrected chi connectivity index (χ1v) is 6.64. The number of fused-ring (bicyclic) bond motifs is 1. The topological polar surface area (TPSA) is 53.1 Å². The quantitative estimate of drug-likeness (QED) is 0.793. The van der Waals surface area contributed by atoms with E-state index in [1.54, 1.807) is 7.11 Å². The number of hydrogen-bond acceptors (Lipinski definition) is 3. The van der Waals surface area contributed by atoms with Crippen LogP contribution in [0.15, 0.2) is 42.5 Å². The van der Waals surface area contributed by atoms with Crippen molar-refractivity contribution in [2.45, 2.75) is 13.3 Å². The van der Waals surface area contributed by atoms with E-state index < -0.39 is 0 Å². The van der Waals surface area contributed by atoms with E-state index >= 15 is 0 Å². The molecule has 0 unspecified atom stereocenters. The van der Waals surface area contributed by atoms with E-state index in [1.165, 1.54) is 5.56 Å². The summed E-state index contributed by atoms with van der Waals surface area (Å²) in [6, 6.07) is 14.1. The molecular weight excluding hydrogens is 250 g/mol. The highest BCUT2D eigenvalue weighted by Gasteiger charge is 2.11. The Labute approximate surface area is 117 Å². The van der Waals surface area contributed by atoms with E-state index in [-0.39, 0.29) is 0 Å². The number of imidazole rings is 1. The lowest BCUT2D eigenvalue weighted by atomic mass is 10.1. The summed E-state index contributed by atoms with van der Waals surface area (Å²) in [5, 5.41) is 0. The molecule has 0 radical (unpaired) electrons. The summed E-state index contributed by atoms with van der Waals surface area (Å²) in [4.78, 5) is 4.41. The summed E-state index contributed by atoms with van der Waals surface area (Å²) in [7, 11) is 1.65. The van der Waals surface area contributed by atoms with Gasteiger partial charge in [-0.1, -0.05) is 19.1 Å². The van der Waals surface area contributed by atoms with Crippen molar-refractivity contribution in [2.75, 3.05) is 12.8 Å². The number of rotatable bonds is 3. The molecule has 2 N–H and O–H groups in total. The first-order chi connectivity index (χ1) is 9.72. The first kappa shape index (κ1) is 12.5. The number of aromatic nitrogens is 2. The summed E-state index contributed by atoms with van der Waals surface area (Å²) in [6.45, 7) is 2.14. The van der Waals surface area contributed by atoms with Crippen LogP contribution in [0.3, 0.4) is 0 Å². The number of methoxy groups -OCH3 is 1. The minimum Gasteiger partial charge on any atom is -0.497 e. The molecule has 0 aliphatic carbocycles. The van der Waals surface area contributed by atoms with Gasteiger partial charge in [0.05, 0.1) is 18.1 Å². The molecule has 0 saturated heterocycles. The number of nitrogens with zero attached hydrogens (tertiary/aromatic N) is 2. The van der Waals surface area contributed by atoms with Crippen LogP contribution < -0.4 is 10.5 Å². The third-order valence-corrected chi connectivity index (χ3v) is 3.46. The van der Waals surface area contributed by atoms with Gasteiger partial charge in [0.2, 0.25) is 5.95 Å². The SMILES string of the molecule is CCc1cccc(-n2c(N)nc3cc(OC)ccc32)c1. The van der Waals surface area contributed by atoms with Gasteiger partial charge < -0.3 is 10.5 Å². The molecule has 0 bridgehead atoms. The molecule has 102 valence electrons. The molecule has 0 amide bonds. The Morgan fingerprint density at radius 3 is 2.80 bits per heavy atom. The molecule has 20 heavy (non-hydrogen) atoms. The fourth-order valence-electron chi connectivity index (χ4n) is 2.39. The predicted molar refractivity (Wildman–Crippen MR) is 81.4 cm³/mol. The van der Waals surface area contributed by atoms with Crippen LogP contribution in [0.1, 0.15) is 12.5 Å². The van der Waals surface area contributed by atoms with Crippen LogP contribution in [-0.4, -0.2) is 16.7 Å². The van der Waals surface area contributed by atoms with Gasteiger partial charge in [-0.15, -0.1) is 0 Å². The molecule has 3 aromatic rings. The summed E-state index contributed by atoms with van der Waals surface area (Å²) < 4.78 is 7.19. The predicted octanol–water partition coefficient (Wildman–Crippen LogP) is 3.18. The van der Waals surface area contributed by atoms with Crippen molar-refractivity contribution in [1.82, 2.24) is 9.55 Å². The van der Waals surface area contributed by atoms with Gasteiger partial charge in [-0.3, -0.25) is 4.57 Å². The van der Waals surface area contributed by atoms with Crippen molar-refractivity contribution in [1.29, 1.82) is 0 Å². The van der Waals surface area contributed by atoms with Gasteiger partial charge in [0.1, 0.15) is 5.75 Å². The minimum atomic E-state index is 0.488. The lowest BCUT2D eigenvalue weighted by Gasteiger charge is -2.08. The first-order valence-electron chi connectivity index (χ1n) is 6.64. The molecule has 2 aromatic carbocycles. The van der Waals surface area contributed by atoms with Crippen molar-refractivity contribution in [3.63, 3.8) is 0 Å². The van der Waals surface area contributed by atoms with Gasteiger partial charge in [0.25, 0.3) is 0 Å². The van der Waals surface area contributed by atoms with E-state index in [4.69, 9.17) is 10.5 Å². The maximum atomic E-state index is 6.08. The van der Waals surface area contributed by atoms with Crippen molar-refractivity contribution in [3.8, 4) is 11.4 Å². The molecule has 0 atom stereocenters. The number of anilines is 1. The fraction of sp³-hybridized carbons (Fsp3) is 0.188. The minimum absolute atomic E-state index is 0.488. The Hall–Kier alpha value is -2.49. The average molecular weight is 267 g/mol. The van der Waals surface area contributed by atoms with E-state index in [0.29, 0.717) is 5.95 Å². The van der Waals surface area contributed by atoms with Crippen LogP contribution in [0.5, 0.6) is 5.75 Å². The van der Waals surface area contributed by atoms with Gasteiger partial charge >= 0.3 is 0 Å². The molecule has 4 nitrogen and oxygen atoms in total. The normalized spacial score (nSPS) is 10.9.